The van der Waals surface area contributed by atoms with Crippen LogP contribution in [0.1, 0.15) is 5.56 Å². The Kier molecular flexibility index (Phi) is 2.88. The molecule has 0 aliphatic carbocycles. The highest BCUT2D eigenvalue weighted by Crippen LogP contribution is 2.16. The zero-order chi connectivity index (χ0) is 11.6. The van der Waals surface area contributed by atoms with E-state index >= 15 is 0 Å². The van der Waals surface area contributed by atoms with E-state index in [9.17, 15) is 8.42 Å². The van der Waals surface area contributed by atoms with Gasteiger partial charge in [0.05, 0.1) is 5.75 Å². The number of rotatable bonds is 3. The van der Waals surface area contributed by atoms with Gasteiger partial charge in [0.25, 0.3) is 0 Å². The number of H-pyrrole nitrogens is 1. The Hall–Kier alpha value is -1.47. The van der Waals surface area contributed by atoms with Crippen molar-refractivity contribution >= 4 is 19.7 Å². The molecule has 0 saturated carbocycles. The van der Waals surface area contributed by atoms with Crippen LogP contribution in [0.25, 0.3) is 11.4 Å². The highest BCUT2D eigenvalue weighted by Gasteiger charge is 2.08. The fraction of sp³-hybridized carbons (Fsp3) is 0.125. The lowest BCUT2D eigenvalue weighted by atomic mass is 10.1. The monoisotopic (exact) mass is 258 g/mol. The summed E-state index contributed by atoms with van der Waals surface area (Å²) < 4.78 is 21.7. The molecule has 1 heterocycles. The summed E-state index contributed by atoms with van der Waals surface area (Å²) in [6.07, 6.45) is 0. The van der Waals surface area contributed by atoms with E-state index in [-0.39, 0.29) is 5.75 Å². The summed E-state index contributed by atoms with van der Waals surface area (Å²) in [5, 5.41) is 13.4. The lowest BCUT2D eigenvalue weighted by Gasteiger charge is -1.98. The fourth-order valence-electron chi connectivity index (χ4n) is 1.23. The van der Waals surface area contributed by atoms with Crippen LogP contribution < -0.4 is 0 Å². The zero-order valence-corrected chi connectivity index (χ0v) is 9.53. The van der Waals surface area contributed by atoms with Gasteiger partial charge in [0.2, 0.25) is 14.9 Å². The first kappa shape index (κ1) is 11.0. The average Bonchev–Trinajstić information content (AvgIpc) is 2.69. The van der Waals surface area contributed by atoms with Crippen molar-refractivity contribution < 1.29 is 8.42 Å². The van der Waals surface area contributed by atoms with Crippen LogP contribution in [0.5, 0.6) is 0 Å². The van der Waals surface area contributed by atoms with Crippen molar-refractivity contribution in [2.75, 3.05) is 0 Å². The third-order valence-electron chi connectivity index (χ3n) is 1.90. The maximum Gasteiger partial charge on any atom is 0.236 e. The second-order valence-electron chi connectivity index (χ2n) is 3.12. The summed E-state index contributed by atoms with van der Waals surface area (Å²) in [6.45, 7) is 0. The number of halogens is 1. The zero-order valence-electron chi connectivity index (χ0n) is 7.96. The predicted molar refractivity (Wildman–Crippen MR) is 58.1 cm³/mol. The minimum Gasteiger partial charge on any atom is -0.212 e. The Balaban J connectivity index is 2.24. The summed E-state index contributed by atoms with van der Waals surface area (Å²) in [6, 6.07) is 6.74. The van der Waals surface area contributed by atoms with Crippen molar-refractivity contribution in [3.63, 3.8) is 0 Å². The van der Waals surface area contributed by atoms with E-state index in [2.05, 4.69) is 20.6 Å². The van der Waals surface area contributed by atoms with Crippen LogP contribution in [-0.2, 0) is 14.8 Å². The van der Waals surface area contributed by atoms with Gasteiger partial charge in [-0.25, -0.2) is 8.42 Å². The number of tetrazole rings is 1. The molecular weight excluding hydrogens is 252 g/mol. The third kappa shape index (κ3) is 2.77. The van der Waals surface area contributed by atoms with Crippen LogP contribution in [-0.4, -0.2) is 29.0 Å². The number of hydrogen-bond donors (Lipinski definition) is 1. The van der Waals surface area contributed by atoms with Crippen LogP contribution in [0.15, 0.2) is 24.3 Å². The van der Waals surface area contributed by atoms with Crippen LogP contribution in [0.3, 0.4) is 0 Å². The fourth-order valence-corrected chi connectivity index (χ4v) is 2.20. The minimum atomic E-state index is -3.52. The summed E-state index contributed by atoms with van der Waals surface area (Å²) in [4.78, 5) is 0. The molecule has 0 radical (unpaired) electrons. The van der Waals surface area contributed by atoms with Crippen molar-refractivity contribution in [1.82, 2.24) is 20.6 Å². The highest BCUT2D eigenvalue weighted by molar-refractivity contribution is 8.13. The molecule has 2 rings (SSSR count). The van der Waals surface area contributed by atoms with Gasteiger partial charge >= 0.3 is 0 Å². The topological polar surface area (TPSA) is 88.6 Å². The second kappa shape index (κ2) is 4.18. The van der Waals surface area contributed by atoms with E-state index in [4.69, 9.17) is 10.7 Å². The smallest absolute Gasteiger partial charge is 0.212 e. The average molecular weight is 259 g/mol. The molecule has 0 fully saturated rings. The molecule has 8 heteroatoms. The normalized spacial score (nSPS) is 11.6. The van der Waals surface area contributed by atoms with Gasteiger partial charge in [-0.2, -0.15) is 5.21 Å². The second-order valence-corrected chi connectivity index (χ2v) is 5.89. The van der Waals surface area contributed by atoms with Crippen molar-refractivity contribution in [1.29, 1.82) is 0 Å². The Labute approximate surface area is 96.1 Å². The van der Waals surface area contributed by atoms with Gasteiger partial charge in [-0.05, 0) is 10.8 Å². The molecule has 0 saturated heterocycles. The summed E-state index contributed by atoms with van der Waals surface area (Å²) >= 11 is 0. The Bertz CT molecular complexity index is 565. The molecule has 0 atom stereocenters. The standard InChI is InChI=1S/C8H7ClN4O2S/c9-16(14,15)5-6-1-3-7(4-2-6)8-10-12-13-11-8/h1-4H,5H2,(H,10,11,12,13). The molecule has 0 aliphatic rings. The summed E-state index contributed by atoms with van der Waals surface area (Å²) in [5.74, 6) is 0.265. The molecule has 0 bridgehead atoms. The lowest BCUT2D eigenvalue weighted by molar-refractivity contribution is 0.609. The van der Waals surface area contributed by atoms with Gasteiger partial charge in [-0.15, -0.1) is 10.2 Å². The van der Waals surface area contributed by atoms with E-state index < -0.39 is 9.05 Å². The first-order valence-electron chi connectivity index (χ1n) is 4.30. The number of aromatic amines is 1. The first-order valence-corrected chi connectivity index (χ1v) is 6.77. The van der Waals surface area contributed by atoms with Gasteiger partial charge in [-0.3, -0.25) is 0 Å². The van der Waals surface area contributed by atoms with E-state index in [1.165, 1.54) is 0 Å². The van der Waals surface area contributed by atoms with Gasteiger partial charge in [0, 0.05) is 16.2 Å². The molecular formula is C8H7ClN4O2S. The molecule has 1 N–H and O–H groups in total. The maximum atomic E-state index is 10.8. The van der Waals surface area contributed by atoms with Crippen LogP contribution in [0, 0.1) is 0 Å². The minimum absolute atomic E-state index is 0.193. The lowest BCUT2D eigenvalue weighted by Crippen LogP contribution is -1.94. The van der Waals surface area contributed by atoms with Crippen LogP contribution in [0.4, 0.5) is 0 Å². The molecule has 6 nitrogen and oxygen atoms in total. The van der Waals surface area contributed by atoms with E-state index in [1.807, 2.05) is 0 Å². The number of nitrogens with zero attached hydrogens (tertiary/aromatic N) is 3. The molecule has 16 heavy (non-hydrogen) atoms. The largest absolute Gasteiger partial charge is 0.236 e. The predicted octanol–water partition coefficient (Wildman–Crippen LogP) is 0.935. The van der Waals surface area contributed by atoms with Gasteiger partial charge in [0.1, 0.15) is 0 Å². The van der Waals surface area contributed by atoms with Crippen molar-refractivity contribution in [3.05, 3.63) is 29.8 Å². The van der Waals surface area contributed by atoms with Crippen molar-refractivity contribution in [3.8, 4) is 11.4 Å². The highest BCUT2D eigenvalue weighted by atomic mass is 35.7. The Morgan fingerprint density at radius 3 is 2.44 bits per heavy atom. The number of aromatic nitrogens is 4. The Morgan fingerprint density at radius 2 is 1.94 bits per heavy atom. The molecule has 1 aromatic carbocycles. The molecule has 0 amide bonds. The van der Waals surface area contributed by atoms with Crippen LogP contribution in [0.2, 0.25) is 0 Å². The van der Waals surface area contributed by atoms with E-state index in [1.54, 1.807) is 24.3 Å². The first-order chi connectivity index (χ1) is 7.54. The molecule has 0 spiro atoms. The van der Waals surface area contributed by atoms with Crippen molar-refractivity contribution in [2.45, 2.75) is 5.75 Å². The quantitative estimate of drug-likeness (QED) is 0.828. The van der Waals surface area contributed by atoms with Crippen LogP contribution >= 0.6 is 10.7 Å². The molecule has 1 aromatic heterocycles. The maximum absolute atomic E-state index is 10.8. The summed E-state index contributed by atoms with van der Waals surface area (Å²) in [7, 11) is 1.62. The molecule has 0 unspecified atom stereocenters. The van der Waals surface area contributed by atoms with Gasteiger partial charge in [0.15, 0.2) is 0 Å². The third-order valence-corrected chi connectivity index (χ3v) is 2.90. The van der Waals surface area contributed by atoms with E-state index in [0.29, 0.717) is 11.4 Å². The van der Waals surface area contributed by atoms with Gasteiger partial charge < -0.3 is 0 Å². The summed E-state index contributed by atoms with van der Waals surface area (Å²) in [5.41, 5.74) is 1.37. The number of hydrogen-bond acceptors (Lipinski definition) is 5. The number of benzene rings is 1. The van der Waals surface area contributed by atoms with E-state index in [0.717, 1.165) is 5.56 Å². The SMILES string of the molecule is O=S(=O)(Cl)Cc1ccc(-c2nn[nH]n2)cc1. The van der Waals surface area contributed by atoms with Gasteiger partial charge in [-0.1, -0.05) is 24.3 Å². The molecule has 2 aromatic rings. The Morgan fingerprint density at radius 1 is 1.25 bits per heavy atom. The molecule has 84 valence electrons. The number of nitrogens with one attached hydrogen (secondary N) is 1. The molecule has 0 aliphatic heterocycles. The van der Waals surface area contributed by atoms with Crippen molar-refractivity contribution in [2.24, 2.45) is 0 Å².